The number of ether oxygens (including phenoxy) is 6. The predicted octanol–water partition coefficient (Wildman–Crippen LogP) is 9.15. The lowest BCUT2D eigenvalue weighted by molar-refractivity contribution is -0.379. The fourth-order valence-electron chi connectivity index (χ4n) is 10.6. The number of aliphatic hydroxyl groups excluding tert-OH is 11. The Balaban J connectivity index is 1.31. The van der Waals surface area contributed by atoms with Crippen LogP contribution in [0.3, 0.4) is 0 Å². The van der Waals surface area contributed by atoms with E-state index in [0.717, 1.165) is 109 Å². The van der Waals surface area contributed by atoms with Gasteiger partial charge in [0, 0.05) is 6.42 Å². The molecule has 0 aromatic rings. The Morgan fingerprint density at radius 2 is 0.763 bits per heavy atom. The van der Waals surface area contributed by atoms with Crippen molar-refractivity contribution in [3.05, 3.63) is 146 Å². The molecule has 3 fully saturated rings. The Hall–Kier alpha value is -4.33. The molecule has 3 heterocycles. The van der Waals surface area contributed by atoms with Crippen molar-refractivity contribution in [1.82, 2.24) is 5.32 Å². The van der Waals surface area contributed by atoms with E-state index in [1.165, 1.54) is 38.5 Å². The molecule has 0 radical (unpaired) electrons. The minimum Gasteiger partial charge on any atom is -0.394 e. The Bertz CT molecular complexity index is 2250. The van der Waals surface area contributed by atoms with Crippen LogP contribution in [0.4, 0.5) is 0 Å². The molecule has 3 rings (SSSR count). The summed E-state index contributed by atoms with van der Waals surface area (Å²) in [6.45, 7) is 1.30. The van der Waals surface area contributed by atoms with Crippen LogP contribution in [0, 0.1) is 0 Å². The summed E-state index contributed by atoms with van der Waals surface area (Å²) in [4.78, 5) is 13.3. The number of allylic oxidation sites excluding steroid dienone is 23. The molecule has 0 spiro atoms. The molecule has 0 saturated carbocycles. The fraction of sp³-hybridized carbons (Fsp3) is 0.662. The normalized spacial score (nSPS) is 28.5. The summed E-state index contributed by atoms with van der Waals surface area (Å²) < 4.78 is 34.2. The summed E-state index contributed by atoms with van der Waals surface area (Å²) in [6, 6.07) is -1.01. The first-order chi connectivity index (χ1) is 45.3. The molecule has 19 heteroatoms. The topological polar surface area (TPSA) is 307 Å². The number of carbonyl (C=O) groups is 1. The largest absolute Gasteiger partial charge is 0.394 e. The second-order valence-electron chi connectivity index (χ2n) is 23.9. The molecule has 0 aromatic heterocycles. The van der Waals surface area contributed by atoms with Gasteiger partial charge in [-0.2, -0.15) is 0 Å². The Kier molecular flexibility index (Phi) is 47.9. The zero-order chi connectivity index (χ0) is 67.5. The van der Waals surface area contributed by atoms with Crippen molar-refractivity contribution >= 4 is 5.91 Å². The van der Waals surface area contributed by atoms with E-state index in [-0.39, 0.29) is 18.9 Å². The summed E-state index contributed by atoms with van der Waals surface area (Å²) in [5.41, 5.74) is 0. The first-order valence-corrected chi connectivity index (χ1v) is 34.6. The minimum absolute atomic E-state index is 0.218. The number of hydrogen-bond acceptors (Lipinski definition) is 18. The molecular weight excluding hydrogens is 1190 g/mol. The van der Waals surface area contributed by atoms with E-state index in [1.807, 2.05) is 13.0 Å². The maximum atomic E-state index is 13.3. The summed E-state index contributed by atoms with van der Waals surface area (Å²) in [7, 11) is 0. The molecule has 3 saturated heterocycles. The van der Waals surface area contributed by atoms with E-state index < -0.39 is 124 Å². The lowest BCUT2D eigenvalue weighted by atomic mass is 9.96. The number of rotatable bonds is 50. The number of aliphatic hydroxyl groups is 11. The van der Waals surface area contributed by atoms with Crippen LogP contribution in [0.15, 0.2) is 146 Å². The highest BCUT2D eigenvalue weighted by molar-refractivity contribution is 5.76. The molecule has 12 N–H and O–H groups in total. The van der Waals surface area contributed by atoms with E-state index in [4.69, 9.17) is 28.4 Å². The van der Waals surface area contributed by atoms with Gasteiger partial charge in [-0.3, -0.25) is 4.79 Å². The van der Waals surface area contributed by atoms with Crippen LogP contribution >= 0.6 is 0 Å². The van der Waals surface area contributed by atoms with Gasteiger partial charge in [0.05, 0.1) is 38.6 Å². The third-order valence-electron chi connectivity index (χ3n) is 16.2. The van der Waals surface area contributed by atoms with Crippen molar-refractivity contribution < 1.29 is 89.4 Å². The van der Waals surface area contributed by atoms with Crippen LogP contribution < -0.4 is 5.32 Å². The molecule has 17 unspecified atom stereocenters. The van der Waals surface area contributed by atoms with Gasteiger partial charge in [0.25, 0.3) is 0 Å². The van der Waals surface area contributed by atoms with Gasteiger partial charge in [-0.15, -0.1) is 0 Å². The number of carbonyl (C=O) groups excluding carboxylic acids is 1. The number of nitrogens with one attached hydrogen (secondary N) is 1. The van der Waals surface area contributed by atoms with Crippen molar-refractivity contribution in [3.63, 3.8) is 0 Å². The van der Waals surface area contributed by atoms with Crippen molar-refractivity contribution in [1.29, 1.82) is 0 Å². The second-order valence-corrected chi connectivity index (χ2v) is 23.9. The molecule has 19 nitrogen and oxygen atoms in total. The monoisotopic (exact) mass is 1310 g/mol. The van der Waals surface area contributed by atoms with Gasteiger partial charge in [-0.25, -0.2) is 0 Å². The minimum atomic E-state index is -1.99. The quantitative estimate of drug-likeness (QED) is 0.0199. The molecule has 17 atom stereocenters. The average molecular weight is 1310 g/mol. The van der Waals surface area contributed by atoms with Gasteiger partial charge < -0.3 is 89.9 Å². The molecule has 3 aliphatic rings. The third kappa shape index (κ3) is 35.5. The summed E-state index contributed by atoms with van der Waals surface area (Å²) >= 11 is 0. The van der Waals surface area contributed by atoms with E-state index >= 15 is 0 Å². The van der Waals surface area contributed by atoms with Crippen LogP contribution in [0.25, 0.3) is 0 Å². The maximum Gasteiger partial charge on any atom is 0.220 e. The van der Waals surface area contributed by atoms with Gasteiger partial charge in [0.2, 0.25) is 5.91 Å². The second kappa shape index (κ2) is 53.8. The van der Waals surface area contributed by atoms with Crippen LogP contribution in [0.2, 0.25) is 0 Å². The van der Waals surface area contributed by atoms with Crippen molar-refractivity contribution in [2.45, 2.75) is 285 Å². The molecule has 93 heavy (non-hydrogen) atoms. The lowest BCUT2D eigenvalue weighted by Gasteiger charge is -2.48. The van der Waals surface area contributed by atoms with E-state index in [2.05, 4.69) is 140 Å². The standard InChI is InChI=1S/C74H119NO18/c1-3-5-7-9-11-13-14-15-16-17-18-19-20-21-22-23-24-25-26-27-28-29-30-31-32-33-34-35-36-37-38-39-40-41-42-44-46-48-50-52-62(80)75-57(58(79)51-49-47-45-43-12-10-8-6-4-2)56-88-72-68(86)65(83)70(60(54-77)90-72)93-74-69(87)66(84)71(61(55-78)91-74)92-73-67(85)64(82)63(81)59(53-76)89-73/h4-7,11-13,15-16,18-19,21-22,24-25,27-28,30-31,33-34,43,49,51,57-61,63-74,76-79,81-87H,3,8-10,14,17,20,23,26,29,32,35-42,44-48,50,52-56H2,1-2H3,(H,75,80)/b6-4+,7-5-,13-11-,16-15-,19-18-,22-21-,25-24-,28-27-,31-30-,34-33-,43-12+,51-49+. The first kappa shape index (κ1) is 82.9. The van der Waals surface area contributed by atoms with Crippen molar-refractivity contribution in [2.75, 3.05) is 26.4 Å². The third-order valence-corrected chi connectivity index (χ3v) is 16.2. The molecule has 0 aromatic carbocycles. The van der Waals surface area contributed by atoms with Gasteiger partial charge in [0.1, 0.15) is 73.2 Å². The fourth-order valence-corrected chi connectivity index (χ4v) is 10.6. The Labute approximate surface area is 555 Å². The Morgan fingerprint density at radius 3 is 1.20 bits per heavy atom. The van der Waals surface area contributed by atoms with E-state index in [1.54, 1.807) is 12.2 Å². The molecule has 1 amide bonds. The summed E-state index contributed by atoms with van der Waals surface area (Å²) in [6.07, 6.45) is 50.3. The van der Waals surface area contributed by atoms with Gasteiger partial charge in [0.15, 0.2) is 18.9 Å². The van der Waals surface area contributed by atoms with Crippen LogP contribution in [-0.2, 0) is 33.2 Å². The predicted molar refractivity (Wildman–Crippen MR) is 364 cm³/mol. The molecule has 528 valence electrons. The highest BCUT2D eigenvalue weighted by atomic mass is 16.8. The SMILES string of the molecule is C/C=C/CC/C=C/CC/C=C/C(O)C(COC1OC(CO)C(OC2OC(CO)C(OC3OC(CO)C(O)C(O)C3O)C(O)C2O)C(O)C1O)NC(=O)CCCCCCCCCCCCC/C=C\C/C=C\C/C=C\C/C=C\C/C=C\C/C=C\C/C=C\C/C=C\C/C=C\CC. The number of hydrogen-bond donors (Lipinski definition) is 12. The molecule has 0 bridgehead atoms. The summed E-state index contributed by atoms with van der Waals surface area (Å²) in [5, 5.41) is 120. The number of unbranched alkanes of at least 4 members (excludes halogenated alkanes) is 13. The van der Waals surface area contributed by atoms with Crippen molar-refractivity contribution in [2.24, 2.45) is 0 Å². The number of amides is 1. The maximum absolute atomic E-state index is 13.3. The first-order valence-electron chi connectivity index (χ1n) is 34.6. The highest BCUT2D eigenvalue weighted by Gasteiger charge is 2.53. The Morgan fingerprint density at radius 1 is 0.409 bits per heavy atom. The van der Waals surface area contributed by atoms with Crippen LogP contribution in [0.5, 0.6) is 0 Å². The smallest absolute Gasteiger partial charge is 0.220 e. The van der Waals surface area contributed by atoms with E-state index in [0.29, 0.717) is 12.8 Å². The average Bonchev–Trinajstić information content (AvgIpc) is 0.900. The van der Waals surface area contributed by atoms with Crippen LogP contribution in [0.1, 0.15) is 181 Å². The van der Waals surface area contributed by atoms with Gasteiger partial charge in [-0.05, 0) is 110 Å². The zero-order valence-electron chi connectivity index (χ0n) is 55.7. The van der Waals surface area contributed by atoms with Crippen molar-refractivity contribution in [3.8, 4) is 0 Å². The van der Waals surface area contributed by atoms with Gasteiger partial charge in [-0.1, -0.05) is 211 Å². The molecular formula is C74H119NO18. The van der Waals surface area contributed by atoms with Crippen LogP contribution in [-0.4, -0.2) is 193 Å². The lowest BCUT2D eigenvalue weighted by Crippen LogP contribution is -2.66. The zero-order valence-corrected chi connectivity index (χ0v) is 55.7. The molecule has 0 aliphatic carbocycles. The molecule has 3 aliphatic heterocycles. The van der Waals surface area contributed by atoms with Gasteiger partial charge >= 0.3 is 0 Å². The van der Waals surface area contributed by atoms with E-state index in [9.17, 15) is 61.0 Å². The summed E-state index contributed by atoms with van der Waals surface area (Å²) in [5.74, 6) is -0.304. The highest BCUT2D eigenvalue weighted by Crippen LogP contribution is 2.33.